The van der Waals surface area contributed by atoms with E-state index in [-0.39, 0.29) is 5.02 Å². The fourth-order valence-corrected chi connectivity index (χ4v) is 2.94. The van der Waals surface area contributed by atoms with E-state index in [4.69, 9.17) is 16.3 Å². The topological polar surface area (TPSA) is 28.6 Å². The van der Waals surface area contributed by atoms with Gasteiger partial charge in [0.1, 0.15) is 5.82 Å². The zero-order valence-corrected chi connectivity index (χ0v) is 13.8. The van der Waals surface area contributed by atoms with Crippen molar-refractivity contribution in [2.45, 2.75) is 19.0 Å². The first kappa shape index (κ1) is 18.3. The van der Waals surface area contributed by atoms with Crippen molar-refractivity contribution in [3.05, 3.63) is 22.8 Å². The van der Waals surface area contributed by atoms with Crippen molar-refractivity contribution >= 4 is 17.4 Å². The molecule has 1 aromatic rings. The standard InChI is InChI=1S/C15H21ClF3N3O/c1-23-9-3-5-21-4-2-6-22(8-7-21)14-13(16)10-12(11-20-14)15(17,18)19/h10-11H,2-9H2,1H3. The summed E-state index contributed by atoms with van der Waals surface area (Å²) in [6.07, 6.45) is -1.68. The minimum Gasteiger partial charge on any atom is -0.385 e. The largest absolute Gasteiger partial charge is 0.417 e. The quantitative estimate of drug-likeness (QED) is 0.761. The second kappa shape index (κ2) is 8.17. The molecule has 0 unspecified atom stereocenters. The molecule has 0 bridgehead atoms. The number of aromatic nitrogens is 1. The fourth-order valence-electron chi connectivity index (χ4n) is 2.66. The molecule has 0 aromatic carbocycles. The predicted molar refractivity (Wildman–Crippen MR) is 84.0 cm³/mol. The van der Waals surface area contributed by atoms with Crippen molar-refractivity contribution in [2.75, 3.05) is 51.3 Å². The molecule has 8 heteroatoms. The summed E-state index contributed by atoms with van der Waals surface area (Å²) in [5, 5.41) is 0.0488. The third-order valence-corrected chi connectivity index (χ3v) is 4.14. The summed E-state index contributed by atoms with van der Waals surface area (Å²) < 4.78 is 43.1. The van der Waals surface area contributed by atoms with E-state index in [0.717, 1.165) is 57.9 Å². The molecule has 1 fully saturated rings. The molecule has 1 saturated heterocycles. The second-order valence-corrected chi connectivity index (χ2v) is 5.96. The SMILES string of the molecule is COCCCN1CCCN(c2ncc(C(F)(F)F)cc2Cl)CC1. The Hall–Kier alpha value is -1.05. The number of hydrogen-bond donors (Lipinski definition) is 0. The molecule has 1 aromatic heterocycles. The Kier molecular flexibility index (Phi) is 6.50. The fraction of sp³-hybridized carbons (Fsp3) is 0.667. The molecule has 1 aliphatic heterocycles. The van der Waals surface area contributed by atoms with Gasteiger partial charge in [0.25, 0.3) is 0 Å². The van der Waals surface area contributed by atoms with Gasteiger partial charge in [-0.2, -0.15) is 13.2 Å². The molecule has 130 valence electrons. The summed E-state index contributed by atoms with van der Waals surface area (Å²) in [4.78, 5) is 8.23. The molecule has 0 aliphatic carbocycles. The Morgan fingerprint density at radius 2 is 2.04 bits per heavy atom. The number of ether oxygens (including phenoxy) is 1. The van der Waals surface area contributed by atoms with Gasteiger partial charge in [-0.15, -0.1) is 0 Å². The molecule has 0 radical (unpaired) electrons. The molecule has 0 atom stereocenters. The second-order valence-electron chi connectivity index (χ2n) is 5.56. The van der Waals surface area contributed by atoms with Crippen LogP contribution in [0.4, 0.5) is 19.0 Å². The maximum Gasteiger partial charge on any atom is 0.417 e. The van der Waals surface area contributed by atoms with E-state index in [1.807, 2.05) is 4.90 Å². The average Bonchev–Trinajstić information content (AvgIpc) is 2.72. The van der Waals surface area contributed by atoms with E-state index in [9.17, 15) is 13.2 Å². The molecule has 0 saturated carbocycles. The lowest BCUT2D eigenvalue weighted by Crippen LogP contribution is -2.32. The minimum absolute atomic E-state index is 0.0488. The van der Waals surface area contributed by atoms with Crippen molar-refractivity contribution in [3.8, 4) is 0 Å². The Bertz CT molecular complexity index is 513. The molecule has 0 spiro atoms. The zero-order valence-electron chi connectivity index (χ0n) is 13.1. The highest BCUT2D eigenvalue weighted by molar-refractivity contribution is 6.33. The number of alkyl halides is 3. The van der Waals surface area contributed by atoms with Crippen molar-refractivity contribution in [1.82, 2.24) is 9.88 Å². The van der Waals surface area contributed by atoms with Gasteiger partial charge in [0.15, 0.2) is 0 Å². The minimum atomic E-state index is -4.42. The maximum absolute atomic E-state index is 12.7. The van der Waals surface area contributed by atoms with Crippen LogP contribution in [0.5, 0.6) is 0 Å². The summed E-state index contributed by atoms with van der Waals surface area (Å²) in [7, 11) is 1.68. The Balaban J connectivity index is 1.99. The summed E-state index contributed by atoms with van der Waals surface area (Å²) >= 11 is 6.03. The Morgan fingerprint density at radius 1 is 1.26 bits per heavy atom. The highest BCUT2D eigenvalue weighted by atomic mass is 35.5. The van der Waals surface area contributed by atoms with Gasteiger partial charge in [-0.05, 0) is 25.5 Å². The number of rotatable bonds is 5. The monoisotopic (exact) mass is 351 g/mol. The van der Waals surface area contributed by atoms with E-state index >= 15 is 0 Å². The predicted octanol–water partition coefficient (Wildman–Crippen LogP) is 3.30. The zero-order chi connectivity index (χ0) is 16.9. The van der Waals surface area contributed by atoms with Crippen LogP contribution in [0.25, 0.3) is 0 Å². The van der Waals surface area contributed by atoms with Gasteiger partial charge in [-0.3, -0.25) is 0 Å². The van der Waals surface area contributed by atoms with Crippen LogP contribution >= 0.6 is 11.6 Å². The van der Waals surface area contributed by atoms with E-state index in [2.05, 4.69) is 9.88 Å². The molecule has 2 rings (SSSR count). The van der Waals surface area contributed by atoms with E-state index < -0.39 is 11.7 Å². The van der Waals surface area contributed by atoms with Gasteiger partial charge in [-0.25, -0.2) is 4.98 Å². The van der Waals surface area contributed by atoms with Crippen LogP contribution in [0, 0.1) is 0 Å². The first-order chi connectivity index (χ1) is 10.9. The van der Waals surface area contributed by atoms with Gasteiger partial charge in [0.05, 0.1) is 10.6 Å². The van der Waals surface area contributed by atoms with Crippen LogP contribution in [-0.2, 0) is 10.9 Å². The van der Waals surface area contributed by atoms with Gasteiger partial charge in [0, 0.05) is 46.1 Å². The normalized spacial score (nSPS) is 17.3. The number of hydrogen-bond acceptors (Lipinski definition) is 4. The van der Waals surface area contributed by atoms with Gasteiger partial charge < -0.3 is 14.5 Å². The van der Waals surface area contributed by atoms with Crippen molar-refractivity contribution in [3.63, 3.8) is 0 Å². The third-order valence-electron chi connectivity index (χ3n) is 3.86. The molecule has 0 N–H and O–H groups in total. The van der Waals surface area contributed by atoms with Gasteiger partial charge in [-0.1, -0.05) is 11.6 Å². The lowest BCUT2D eigenvalue weighted by atomic mass is 10.2. The van der Waals surface area contributed by atoms with E-state index in [0.29, 0.717) is 12.4 Å². The molecule has 2 heterocycles. The number of nitrogens with zero attached hydrogens (tertiary/aromatic N) is 3. The van der Waals surface area contributed by atoms with Crippen LogP contribution in [0.3, 0.4) is 0 Å². The van der Waals surface area contributed by atoms with E-state index in [1.165, 1.54) is 0 Å². The highest BCUT2D eigenvalue weighted by Crippen LogP contribution is 2.33. The summed E-state index contributed by atoms with van der Waals surface area (Å²) in [6.45, 7) is 4.91. The molecular weight excluding hydrogens is 331 g/mol. The first-order valence-electron chi connectivity index (χ1n) is 7.61. The molecule has 23 heavy (non-hydrogen) atoms. The van der Waals surface area contributed by atoms with Crippen LogP contribution in [0.2, 0.25) is 5.02 Å². The van der Waals surface area contributed by atoms with Gasteiger partial charge in [0.2, 0.25) is 0 Å². The van der Waals surface area contributed by atoms with Gasteiger partial charge >= 0.3 is 6.18 Å². The van der Waals surface area contributed by atoms with Crippen LogP contribution in [0.15, 0.2) is 12.3 Å². The maximum atomic E-state index is 12.7. The molecule has 1 aliphatic rings. The average molecular weight is 352 g/mol. The number of methoxy groups -OCH3 is 1. The number of anilines is 1. The van der Waals surface area contributed by atoms with E-state index in [1.54, 1.807) is 7.11 Å². The van der Waals surface area contributed by atoms with Crippen LogP contribution < -0.4 is 4.90 Å². The number of pyridine rings is 1. The Labute approximate surface area is 139 Å². The van der Waals surface area contributed by atoms with Crippen molar-refractivity contribution in [2.24, 2.45) is 0 Å². The first-order valence-corrected chi connectivity index (χ1v) is 7.98. The third kappa shape index (κ3) is 5.22. The van der Waals surface area contributed by atoms with Crippen molar-refractivity contribution in [1.29, 1.82) is 0 Å². The summed E-state index contributed by atoms with van der Waals surface area (Å²) in [5.74, 6) is 0.429. The van der Waals surface area contributed by atoms with Crippen LogP contribution in [0.1, 0.15) is 18.4 Å². The highest BCUT2D eigenvalue weighted by Gasteiger charge is 2.32. The molecule has 0 amide bonds. The summed E-state index contributed by atoms with van der Waals surface area (Å²) in [5.41, 5.74) is -0.817. The lowest BCUT2D eigenvalue weighted by Gasteiger charge is -2.24. The molecular formula is C15H21ClF3N3O. The Morgan fingerprint density at radius 3 is 2.70 bits per heavy atom. The van der Waals surface area contributed by atoms with Crippen LogP contribution in [-0.4, -0.2) is 56.3 Å². The molecule has 4 nitrogen and oxygen atoms in total. The van der Waals surface area contributed by atoms with Crippen molar-refractivity contribution < 1.29 is 17.9 Å². The smallest absolute Gasteiger partial charge is 0.385 e. The summed E-state index contributed by atoms with van der Waals surface area (Å²) in [6, 6.07) is 0.950. The number of halogens is 4. The lowest BCUT2D eigenvalue weighted by molar-refractivity contribution is -0.137.